The number of esters is 1. The molecule has 0 saturated carbocycles. The minimum Gasteiger partial charge on any atom is -0.490 e. The summed E-state index contributed by atoms with van der Waals surface area (Å²) in [6.45, 7) is 4.14. The van der Waals surface area contributed by atoms with E-state index < -0.39 is 24.3 Å². The van der Waals surface area contributed by atoms with Gasteiger partial charge in [0.25, 0.3) is 0 Å². The summed E-state index contributed by atoms with van der Waals surface area (Å²) < 4.78 is 25.6. The van der Waals surface area contributed by atoms with Crippen molar-refractivity contribution in [3.8, 4) is 17.2 Å². The molecule has 0 unspecified atom stereocenters. The van der Waals surface area contributed by atoms with Gasteiger partial charge in [0.15, 0.2) is 17.7 Å². The Labute approximate surface area is 301 Å². The first kappa shape index (κ1) is 35.0. The molecule has 0 radical (unpaired) electrons. The summed E-state index contributed by atoms with van der Waals surface area (Å²) in [7, 11) is 1.28. The van der Waals surface area contributed by atoms with Gasteiger partial charge in [0.05, 0.1) is 38.7 Å². The number of methoxy groups -OCH3 is 1. The fourth-order valence-corrected chi connectivity index (χ4v) is 6.84. The van der Waals surface area contributed by atoms with Crippen molar-refractivity contribution in [3.05, 3.63) is 93.3 Å². The van der Waals surface area contributed by atoms with Crippen LogP contribution in [0.4, 0.5) is 4.79 Å². The standard InChI is InChI=1S/C31H31I3N4O7/c1-4-43-25-13-20(28-27(30(40)42-3)17(2)36-31(41)37-28)7-10-24(25)44-16-26(39)38-35-14-19-11-22(33)29(23(34)12-19)45-15-18-5-8-21(32)9-6-18/h5-14,26,28,38-39H,4,15-16H2,1-3H3,(H2,36,37,41)/b35-14-/t26-,28-/m0/s1. The van der Waals surface area contributed by atoms with Gasteiger partial charge in [0.2, 0.25) is 0 Å². The minimum atomic E-state index is -1.12. The van der Waals surface area contributed by atoms with Gasteiger partial charge in [0, 0.05) is 9.27 Å². The molecular formula is C31H31I3N4O7. The summed E-state index contributed by atoms with van der Waals surface area (Å²) in [6, 6.07) is 15.9. The van der Waals surface area contributed by atoms with Gasteiger partial charge >= 0.3 is 12.0 Å². The van der Waals surface area contributed by atoms with E-state index in [9.17, 15) is 14.7 Å². The second kappa shape index (κ2) is 16.6. The van der Waals surface area contributed by atoms with Crippen molar-refractivity contribution >= 4 is 86.0 Å². The van der Waals surface area contributed by atoms with Crippen LogP contribution in [0, 0.1) is 10.7 Å². The highest BCUT2D eigenvalue weighted by Gasteiger charge is 2.32. The molecule has 0 aromatic heterocycles. The van der Waals surface area contributed by atoms with Crippen molar-refractivity contribution in [1.29, 1.82) is 0 Å². The van der Waals surface area contributed by atoms with E-state index in [0.717, 1.165) is 24.0 Å². The van der Waals surface area contributed by atoms with Gasteiger partial charge in [-0.25, -0.2) is 9.59 Å². The highest BCUT2D eigenvalue weighted by molar-refractivity contribution is 14.1. The number of carbonyl (C=O) groups excluding carboxylic acids is 2. The second-order valence-corrected chi connectivity index (χ2v) is 13.2. The molecule has 3 aromatic rings. The highest BCUT2D eigenvalue weighted by atomic mass is 127. The normalized spacial score (nSPS) is 15.3. The fraction of sp³-hybridized carbons (Fsp3) is 0.258. The van der Waals surface area contributed by atoms with E-state index in [4.69, 9.17) is 18.9 Å². The Balaban J connectivity index is 1.37. The Morgan fingerprint density at radius 1 is 1.04 bits per heavy atom. The number of hydrogen-bond acceptors (Lipinski definition) is 9. The molecule has 238 valence electrons. The molecule has 1 aliphatic heterocycles. The Hall–Kier alpha value is -2.84. The van der Waals surface area contributed by atoms with Crippen LogP contribution in [0.3, 0.4) is 0 Å². The van der Waals surface area contributed by atoms with Crippen LogP contribution >= 0.6 is 67.8 Å². The van der Waals surface area contributed by atoms with Crippen LogP contribution in [0.1, 0.15) is 36.6 Å². The number of urea groups is 1. The number of halogens is 3. The number of carbonyl (C=O) groups is 2. The molecule has 4 N–H and O–H groups in total. The number of ether oxygens (including phenoxy) is 4. The molecule has 0 fully saturated rings. The molecule has 0 spiro atoms. The van der Waals surface area contributed by atoms with Crippen LogP contribution in [0.25, 0.3) is 0 Å². The SMILES string of the molecule is CCOc1cc([C@@H]2NC(=O)NC(C)=C2C(=O)OC)ccc1OC[C@H](O)N/N=C\c1cc(I)c(OCc2ccc(I)cc2)c(I)c1. The highest BCUT2D eigenvalue weighted by Crippen LogP contribution is 2.35. The van der Waals surface area contributed by atoms with E-state index in [0.29, 0.717) is 36.0 Å². The number of benzene rings is 3. The molecular weight excluding hydrogens is 921 g/mol. The molecule has 1 aliphatic rings. The van der Waals surface area contributed by atoms with Gasteiger partial charge in [0.1, 0.15) is 19.0 Å². The number of nitrogens with zero attached hydrogens (tertiary/aromatic N) is 1. The zero-order valence-corrected chi connectivity index (χ0v) is 31.0. The molecule has 3 aromatic carbocycles. The minimum absolute atomic E-state index is 0.131. The number of amides is 2. The Kier molecular flexibility index (Phi) is 13.0. The Morgan fingerprint density at radius 2 is 1.76 bits per heavy atom. The van der Waals surface area contributed by atoms with E-state index >= 15 is 0 Å². The van der Waals surface area contributed by atoms with Crippen LogP contribution in [0.2, 0.25) is 0 Å². The van der Waals surface area contributed by atoms with Crippen LogP contribution < -0.4 is 30.3 Å². The number of nitrogens with one attached hydrogen (secondary N) is 3. The summed E-state index contributed by atoms with van der Waals surface area (Å²) in [5, 5.41) is 20.0. The smallest absolute Gasteiger partial charge is 0.337 e. The summed E-state index contributed by atoms with van der Waals surface area (Å²) in [6.07, 6.45) is 0.490. The maximum atomic E-state index is 12.5. The van der Waals surface area contributed by atoms with Crippen molar-refractivity contribution in [1.82, 2.24) is 16.1 Å². The summed E-state index contributed by atoms with van der Waals surface area (Å²) in [5.74, 6) is 0.994. The van der Waals surface area contributed by atoms with Crippen molar-refractivity contribution in [2.75, 3.05) is 20.3 Å². The third-order valence-electron chi connectivity index (χ3n) is 6.43. The molecule has 0 aliphatic carbocycles. The van der Waals surface area contributed by atoms with E-state index in [2.05, 4.69) is 101 Å². The molecule has 45 heavy (non-hydrogen) atoms. The molecule has 2 atom stereocenters. The molecule has 4 rings (SSSR count). The van der Waals surface area contributed by atoms with Gasteiger partial charge in [-0.15, -0.1) is 0 Å². The average Bonchev–Trinajstić information content (AvgIpc) is 3.00. The number of hydrogen-bond donors (Lipinski definition) is 4. The average molecular weight is 952 g/mol. The molecule has 1 heterocycles. The number of aliphatic hydroxyl groups is 1. The van der Waals surface area contributed by atoms with E-state index in [1.165, 1.54) is 10.7 Å². The Morgan fingerprint density at radius 3 is 2.42 bits per heavy atom. The van der Waals surface area contributed by atoms with Gasteiger partial charge in [-0.1, -0.05) is 18.2 Å². The molecule has 0 bridgehead atoms. The first-order valence-electron chi connectivity index (χ1n) is 13.7. The predicted molar refractivity (Wildman–Crippen MR) is 194 cm³/mol. The largest absolute Gasteiger partial charge is 0.490 e. The van der Waals surface area contributed by atoms with Gasteiger partial charge in [-0.3, -0.25) is 5.43 Å². The lowest BCUT2D eigenvalue weighted by atomic mass is 9.95. The van der Waals surface area contributed by atoms with Gasteiger partial charge in [-0.05, 0) is 135 Å². The third kappa shape index (κ3) is 9.58. The van der Waals surface area contributed by atoms with Crippen LogP contribution in [-0.4, -0.2) is 49.9 Å². The van der Waals surface area contributed by atoms with Crippen molar-refractivity contribution in [2.24, 2.45) is 5.10 Å². The number of rotatable bonds is 13. The van der Waals surface area contributed by atoms with Crippen molar-refractivity contribution in [2.45, 2.75) is 32.7 Å². The molecule has 11 nitrogen and oxygen atoms in total. The lowest BCUT2D eigenvalue weighted by Crippen LogP contribution is -2.45. The topological polar surface area (TPSA) is 140 Å². The first-order chi connectivity index (χ1) is 21.6. The third-order valence-corrected chi connectivity index (χ3v) is 8.75. The monoisotopic (exact) mass is 952 g/mol. The van der Waals surface area contributed by atoms with Crippen LogP contribution in [-0.2, 0) is 16.1 Å². The van der Waals surface area contributed by atoms with Crippen LogP contribution in [0.15, 0.2) is 71.0 Å². The maximum absolute atomic E-state index is 12.5. The fourth-order valence-electron chi connectivity index (χ4n) is 4.35. The van der Waals surface area contributed by atoms with Gasteiger partial charge < -0.3 is 34.7 Å². The Bertz CT molecular complexity index is 1580. The molecule has 2 amide bonds. The van der Waals surface area contributed by atoms with Crippen LogP contribution in [0.5, 0.6) is 17.2 Å². The second-order valence-electron chi connectivity index (χ2n) is 9.64. The summed E-state index contributed by atoms with van der Waals surface area (Å²) in [5.41, 5.74) is 5.86. The van der Waals surface area contributed by atoms with E-state index in [1.807, 2.05) is 31.2 Å². The number of aliphatic hydroxyl groups excluding tert-OH is 1. The van der Waals surface area contributed by atoms with Gasteiger partial charge in [-0.2, -0.15) is 5.10 Å². The molecule has 0 saturated heterocycles. The number of allylic oxidation sites excluding steroid dienone is 1. The van der Waals surface area contributed by atoms with Crippen molar-refractivity contribution < 1.29 is 33.6 Å². The zero-order chi connectivity index (χ0) is 32.5. The quantitative estimate of drug-likeness (QED) is 0.0572. The number of hydrazone groups is 1. The maximum Gasteiger partial charge on any atom is 0.337 e. The van der Waals surface area contributed by atoms with E-state index in [1.54, 1.807) is 31.3 Å². The summed E-state index contributed by atoms with van der Waals surface area (Å²) in [4.78, 5) is 24.6. The van der Waals surface area contributed by atoms with E-state index in [-0.39, 0.29) is 12.2 Å². The lowest BCUT2D eigenvalue weighted by molar-refractivity contribution is -0.136. The first-order valence-corrected chi connectivity index (χ1v) is 16.9. The molecule has 14 heteroatoms. The predicted octanol–water partition coefficient (Wildman–Crippen LogP) is 5.60. The van der Waals surface area contributed by atoms with Crippen molar-refractivity contribution in [3.63, 3.8) is 0 Å². The summed E-state index contributed by atoms with van der Waals surface area (Å²) >= 11 is 6.75. The zero-order valence-electron chi connectivity index (χ0n) is 24.5. The lowest BCUT2D eigenvalue weighted by Gasteiger charge is -2.28.